The van der Waals surface area contributed by atoms with E-state index in [9.17, 15) is 4.79 Å². The maximum Gasteiger partial charge on any atom is 0.304 e. The summed E-state index contributed by atoms with van der Waals surface area (Å²) in [5.41, 5.74) is 0. The highest BCUT2D eigenvalue weighted by Gasteiger charge is 2.10. The fraction of sp³-hybridized carbons (Fsp3) is 0.917. The lowest BCUT2D eigenvalue weighted by Gasteiger charge is -2.25. The molecule has 0 atom stereocenters. The molecule has 0 saturated heterocycles. The van der Waals surface area contributed by atoms with E-state index >= 15 is 0 Å². The van der Waals surface area contributed by atoms with Crippen LogP contribution in [0.4, 0.5) is 0 Å². The molecule has 0 aliphatic heterocycles. The Bertz CT molecular complexity index is 197. The summed E-state index contributed by atoms with van der Waals surface area (Å²) >= 11 is 0. The topological polar surface area (TPSA) is 59.0 Å². The van der Waals surface area contributed by atoms with E-state index in [1.165, 1.54) is 0 Å². The number of ether oxygens (including phenoxy) is 2. The van der Waals surface area contributed by atoms with Crippen molar-refractivity contribution in [2.45, 2.75) is 32.7 Å². The first kappa shape index (κ1) is 16.4. The monoisotopic (exact) mass is 247 g/mol. The smallest absolute Gasteiger partial charge is 0.304 e. The quantitative estimate of drug-likeness (QED) is 0.556. The number of hydrogen-bond donors (Lipinski definition) is 1. The molecule has 0 saturated carbocycles. The van der Waals surface area contributed by atoms with Crippen LogP contribution in [0.3, 0.4) is 0 Å². The Morgan fingerprint density at radius 2 is 1.94 bits per heavy atom. The molecule has 0 radical (unpaired) electrons. The van der Waals surface area contributed by atoms with Crippen molar-refractivity contribution in [3.8, 4) is 0 Å². The number of nitrogens with zero attached hydrogens (tertiary/aromatic N) is 1. The maximum absolute atomic E-state index is 10.5. The summed E-state index contributed by atoms with van der Waals surface area (Å²) in [6, 6.07) is 0.369. The van der Waals surface area contributed by atoms with Gasteiger partial charge in [-0.05, 0) is 20.3 Å². The Hall–Kier alpha value is -0.650. The molecule has 0 rings (SSSR count). The van der Waals surface area contributed by atoms with Crippen LogP contribution in [0.15, 0.2) is 0 Å². The summed E-state index contributed by atoms with van der Waals surface area (Å²) < 4.78 is 10.2. The highest BCUT2D eigenvalue weighted by atomic mass is 16.5. The summed E-state index contributed by atoms with van der Waals surface area (Å²) in [5, 5.41) is 8.65. The van der Waals surface area contributed by atoms with Gasteiger partial charge in [0.05, 0.1) is 19.6 Å². The summed E-state index contributed by atoms with van der Waals surface area (Å²) in [7, 11) is 1.65. The highest BCUT2D eigenvalue weighted by molar-refractivity contribution is 5.66. The number of carbonyl (C=O) groups is 1. The summed E-state index contributed by atoms with van der Waals surface area (Å²) in [4.78, 5) is 12.7. The van der Waals surface area contributed by atoms with Crippen LogP contribution in [-0.4, -0.2) is 62.0 Å². The van der Waals surface area contributed by atoms with Crippen molar-refractivity contribution in [2.24, 2.45) is 0 Å². The van der Waals surface area contributed by atoms with E-state index in [0.29, 0.717) is 32.4 Å². The Kier molecular flexibility index (Phi) is 10.1. The Balaban J connectivity index is 3.59. The molecule has 0 unspecified atom stereocenters. The molecule has 0 heterocycles. The van der Waals surface area contributed by atoms with Crippen molar-refractivity contribution in [1.82, 2.24) is 4.90 Å². The molecular formula is C12H25NO4. The predicted molar refractivity (Wildman–Crippen MR) is 66.3 cm³/mol. The first-order valence-corrected chi connectivity index (χ1v) is 6.10. The molecule has 0 bridgehead atoms. The van der Waals surface area contributed by atoms with E-state index in [2.05, 4.69) is 18.7 Å². The lowest BCUT2D eigenvalue weighted by Crippen LogP contribution is -2.34. The van der Waals surface area contributed by atoms with E-state index in [-0.39, 0.29) is 6.42 Å². The molecule has 0 fully saturated rings. The predicted octanol–water partition coefficient (Wildman–Crippen LogP) is 1.22. The summed E-state index contributed by atoms with van der Waals surface area (Å²) in [5.74, 6) is -0.744. The SMILES string of the molecule is COCCOCCCN(CCC(=O)O)C(C)C. The van der Waals surface area contributed by atoms with Gasteiger partial charge in [-0.25, -0.2) is 0 Å². The Morgan fingerprint density at radius 1 is 1.24 bits per heavy atom. The van der Waals surface area contributed by atoms with E-state index in [1.54, 1.807) is 7.11 Å². The first-order chi connectivity index (χ1) is 8.07. The Labute approximate surface area is 104 Å². The van der Waals surface area contributed by atoms with Gasteiger partial charge in [-0.1, -0.05) is 0 Å². The molecule has 0 aliphatic rings. The molecule has 0 spiro atoms. The van der Waals surface area contributed by atoms with Gasteiger partial charge in [0.1, 0.15) is 0 Å². The lowest BCUT2D eigenvalue weighted by molar-refractivity contribution is -0.137. The zero-order valence-electron chi connectivity index (χ0n) is 11.1. The normalized spacial score (nSPS) is 11.4. The van der Waals surface area contributed by atoms with Crippen molar-refractivity contribution < 1.29 is 19.4 Å². The molecule has 0 aromatic heterocycles. The molecule has 5 nitrogen and oxygen atoms in total. The van der Waals surface area contributed by atoms with Crippen LogP contribution in [0.5, 0.6) is 0 Å². The average Bonchev–Trinajstić information content (AvgIpc) is 2.26. The van der Waals surface area contributed by atoms with Crippen LogP contribution in [0.25, 0.3) is 0 Å². The van der Waals surface area contributed by atoms with Crippen LogP contribution >= 0.6 is 0 Å². The third-order valence-electron chi connectivity index (χ3n) is 2.51. The van der Waals surface area contributed by atoms with Gasteiger partial charge in [0.15, 0.2) is 0 Å². The lowest BCUT2D eigenvalue weighted by atomic mass is 10.2. The van der Waals surface area contributed by atoms with Crippen LogP contribution in [0, 0.1) is 0 Å². The molecule has 1 N–H and O–H groups in total. The minimum atomic E-state index is -0.744. The first-order valence-electron chi connectivity index (χ1n) is 6.10. The third kappa shape index (κ3) is 10.2. The standard InChI is InChI=1S/C12H25NO4/c1-11(2)13(7-5-12(14)15)6-4-8-17-10-9-16-3/h11H,4-10H2,1-3H3,(H,14,15). The number of methoxy groups -OCH3 is 1. The van der Waals surface area contributed by atoms with Crippen molar-refractivity contribution >= 4 is 5.97 Å². The van der Waals surface area contributed by atoms with Gasteiger partial charge in [-0.2, -0.15) is 0 Å². The van der Waals surface area contributed by atoms with Gasteiger partial charge < -0.3 is 19.5 Å². The fourth-order valence-electron chi connectivity index (χ4n) is 1.48. The fourth-order valence-corrected chi connectivity index (χ4v) is 1.48. The number of carboxylic acid groups (broad SMARTS) is 1. The molecule has 5 heteroatoms. The van der Waals surface area contributed by atoms with E-state index < -0.39 is 5.97 Å². The van der Waals surface area contributed by atoms with Gasteiger partial charge in [0, 0.05) is 32.8 Å². The van der Waals surface area contributed by atoms with Crippen molar-refractivity contribution in [2.75, 3.05) is 40.0 Å². The molecule has 17 heavy (non-hydrogen) atoms. The van der Waals surface area contributed by atoms with Crippen LogP contribution in [0.2, 0.25) is 0 Å². The van der Waals surface area contributed by atoms with Gasteiger partial charge in [0.2, 0.25) is 0 Å². The van der Waals surface area contributed by atoms with E-state index in [0.717, 1.165) is 13.0 Å². The minimum Gasteiger partial charge on any atom is -0.481 e. The van der Waals surface area contributed by atoms with Crippen molar-refractivity contribution in [3.05, 3.63) is 0 Å². The highest BCUT2D eigenvalue weighted by Crippen LogP contribution is 2.01. The van der Waals surface area contributed by atoms with Crippen LogP contribution in [-0.2, 0) is 14.3 Å². The van der Waals surface area contributed by atoms with Gasteiger partial charge in [-0.15, -0.1) is 0 Å². The number of aliphatic carboxylic acids is 1. The summed E-state index contributed by atoms with van der Waals surface area (Å²) in [6.07, 6.45) is 1.12. The number of rotatable bonds is 11. The van der Waals surface area contributed by atoms with Gasteiger partial charge in [0.25, 0.3) is 0 Å². The van der Waals surface area contributed by atoms with Crippen molar-refractivity contribution in [1.29, 1.82) is 0 Å². The zero-order chi connectivity index (χ0) is 13.1. The average molecular weight is 247 g/mol. The minimum absolute atomic E-state index is 0.197. The van der Waals surface area contributed by atoms with Gasteiger partial charge >= 0.3 is 5.97 Å². The second-order valence-electron chi connectivity index (χ2n) is 4.23. The molecule has 0 aromatic carbocycles. The maximum atomic E-state index is 10.5. The number of hydrogen-bond acceptors (Lipinski definition) is 4. The molecular weight excluding hydrogens is 222 g/mol. The second-order valence-corrected chi connectivity index (χ2v) is 4.23. The number of carboxylic acids is 1. The van der Waals surface area contributed by atoms with Crippen molar-refractivity contribution in [3.63, 3.8) is 0 Å². The Morgan fingerprint density at radius 3 is 2.47 bits per heavy atom. The molecule has 0 aliphatic carbocycles. The molecule has 0 amide bonds. The van der Waals surface area contributed by atoms with Crippen LogP contribution < -0.4 is 0 Å². The molecule has 0 aromatic rings. The van der Waals surface area contributed by atoms with Crippen LogP contribution in [0.1, 0.15) is 26.7 Å². The summed E-state index contributed by atoms with van der Waals surface area (Å²) in [6.45, 7) is 7.56. The molecule has 102 valence electrons. The zero-order valence-corrected chi connectivity index (χ0v) is 11.1. The second kappa shape index (κ2) is 10.5. The van der Waals surface area contributed by atoms with E-state index in [1.807, 2.05) is 0 Å². The largest absolute Gasteiger partial charge is 0.481 e. The van der Waals surface area contributed by atoms with E-state index in [4.69, 9.17) is 14.6 Å². The van der Waals surface area contributed by atoms with Gasteiger partial charge in [-0.3, -0.25) is 4.79 Å². The third-order valence-corrected chi connectivity index (χ3v) is 2.51.